The second-order valence-electron chi connectivity index (χ2n) is 19.2. The summed E-state index contributed by atoms with van der Waals surface area (Å²) in [5.74, 6) is 1.46. The first-order chi connectivity index (χ1) is 16.0. The molecule has 0 aromatic rings. The van der Waals surface area contributed by atoms with E-state index >= 15 is 0 Å². The Balaban J connectivity index is 1.27. The van der Waals surface area contributed by atoms with Crippen LogP contribution in [0.2, 0.25) is 47.2 Å². The molecule has 10 heterocycles. The Bertz CT molecular complexity index is 1730. The summed E-state index contributed by atoms with van der Waals surface area (Å²) in [4.78, 5) is 10.6. The zero-order valence-corrected chi connectivity index (χ0v) is 25.2. The molecule has 0 amide bonds. The SMILES string of the molecule is CC1=C(C)C(C)(C)C(C)C([C]23[CH]4[CH]5[CH]6[C]2(C2=C(C)C(C)=C(C)C(C)(C)C2C)[Fe]54632789[CH]3[CH]2[CH]7[CH]8[CH]39)=C1C. The number of rotatable bonds is 2. The quantitative estimate of drug-likeness (QED) is 0.324. The fourth-order valence-corrected chi connectivity index (χ4v) is 99.7. The molecule has 12 rings (SSSR count). The van der Waals surface area contributed by atoms with Crippen molar-refractivity contribution in [1.82, 2.24) is 0 Å². The van der Waals surface area contributed by atoms with Crippen LogP contribution in [0.1, 0.15) is 83.1 Å². The molecule has 2 aliphatic carbocycles. The molecule has 10 saturated heterocycles. The van der Waals surface area contributed by atoms with E-state index in [0.717, 1.165) is 20.5 Å². The van der Waals surface area contributed by atoms with Gasteiger partial charge in [-0.25, -0.2) is 0 Å². The predicted molar refractivity (Wildman–Crippen MR) is 143 cm³/mol. The molecule has 0 radical (unpaired) electrons. The summed E-state index contributed by atoms with van der Waals surface area (Å²) in [5.41, 5.74) is 15.2. The van der Waals surface area contributed by atoms with E-state index in [1.807, 2.05) is 0 Å². The molecule has 0 bridgehead atoms. The predicted octanol–water partition coefficient (Wildman–Crippen LogP) is 10.8. The molecular formula is C34H46Fe. The molecule has 0 N–H and O–H groups in total. The summed E-state index contributed by atoms with van der Waals surface area (Å²) in [7, 11) is 0. The molecular weight excluding hydrogens is 464 g/mol. The third kappa shape index (κ3) is 0.383. The maximum atomic E-state index is 2.69. The van der Waals surface area contributed by atoms with Crippen molar-refractivity contribution in [3.05, 3.63) is 44.6 Å². The molecule has 0 saturated carbocycles. The normalized spacial score (nSPS) is 79.4. The van der Waals surface area contributed by atoms with Crippen molar-refractivity contribution in [2.45, 2.75) is 130 Å². The molecule has 6 atom stereocenters. The van der Waals surface area contributed by atoms with Crippen LogP contribution in [0.4, 0.5) is 0 Å². The second kappa shape index (κ2) is 2.35. The Kier molecular flexibility index (Phi) is 1.26. The monoisotopic (exact) mass is 510 g/mol. The number of hydrogen-bond acceptors (Lipinski definition) is 0. The van der Waals surface area contributed by atoms with Gasteiger partial charge in [-0.15, -0.1) is 0 Å². The van der Waals surface area contributed by atoms with Gasteiger partial charge in [0.25, 0.3) is 0 Å². The van der Waals surface area contributed by atoms with Gasteiger partial charge in [-0.05, 0) is 0 Å². The summed E-state index contributed by atoms with van der Waals surface area (Å²) in [5, 5.41) is 0. The summed E-state index contributed by atoms with van der Waals surface area (Å²) >= 11 is 0. The molecule has 12 aliphatic rings. The molecule has 0 aromatic heterocycles. The first-order valence-electron chi connectivity index (χ1n) is 15.0. The van der Waals surface area contributed by atoms with Crippen LogP contribution < -0.4 is 0 Å². The fourth-order valence-electron chi connectivity index (χ4n) is 23.2. The van der Waals surface area contributed by atoms with Gasteiger partial charge >= 0.3 is 204 Å². The van der Waals surface area contributed by atoms with E-state index in [4.69, 9.17) is 0 Å². The van der Waals surface area contributed by atoms with E-state index in [1.165, 1.54) is 38.5 Å². The molecule has 0 nitrogen and oxygen atoms in total. The van der Waals surface area contributed by atoms with Crippen molar-refractivity contribution in [3.63, 3.8) is 0 Å². The Labute approximate surface area is 203 Å². The Morgan fingerprint density at radius 1 is 0.486 bits per heavy atom. The van der Waals surface area contributed by atoms with Crippen molar-refractivity contribution < 1.29 is 6.51 Å². The average Bonchev–Trinajstić information content (AvgIpc) is 3.75. The van der Waals surface area contributed by atoms with Gasteiger partial charge in [-0.1, -0.05) is 0 Å². The molecule has 0 aromatic carbocycles. The van der Waals surface area contributed by atoms with Crippen LogP contribution in [0.5, 0.6) is 0 Å². The van der Waals surface area contributed by atoms with E-state index in [-0.39, 0.29) is 0 Å². The van der Waals surface area contributed by atoms with Gasteiger partial charge in [0, 0.05) is 0 Å². The van der Waals surface area contributed by atoms with E-state index in [2.05, 4.69) is 94.2 Å². The van der Waals surface area contributed by atoms with Gasteiger partial charge in [0.05, 0.1) is 0 Å². The molecule has 35 heavy (non-hydrogen) atoms. The summed E-state index contributed by atoms with van der Waals surface area (Å²) in [6.45, 7) is 27.2. The van der Waals surface area contributed by atoms with Crippen molar-refractivity contribution in [3.8, 4) is 0 Å². The fraction of sp³-hybridized carbons (Fsp3) is 0.765. The van der Waals surface area contributed by atoms with Crippen LogP contribution in [-0.2, 0) is 6.51 Å². The number of fused-ring (bicyclic) bond motifs is 10. The van der Waals surface area contributed by atoms with Crippen LogP contribution in [0.3, 0.4) is 0 Å². The molecule has 10 aliphatic heterocycles. The number of allylic oxidation sites excluding steroid dienone is 8. The van der Waals surface area contributed by atoms with Crippen LogP contribution in [-0.4, -0.2) is 0 Å². The first-order valence-corrected chi connectivity index (χ1v) is 21.2. The summed E-state index contributed by atoms with van der Waals surface area (Å²) in [6, 6.07) is 0. The minimum atomic E-state index is -3.73. The van der Waals surface area contributed by atoms with Gasteiger partial charge in [0.1, 0.15) is 0 Å². The van der Waals surface area contributed by atoms with E-state index in [9.17, 15) is 0 Å². The van der Waals surface area contributed by atoms with Crippen LogP contribution >= 0.6 is 0 Å². The van der Waals surface area contributed by atoms with Gasteiger partial charge in [0.15, 0.2) is 0 Å². The van der Waals surface area contributed by atoms with Crippen molar-refractivity contribution in [2.75, 3.05) is 0 Å². The van der Waals surface area contributed by atoms with Crippen LogP contribution in [0, 0.1) is 22.7 Å². The van der Waals surface area contributed by atoms with Crippen molar-refractivity contribution in [1.29, 1.82) is 0 Å². The molecule has 1 spiro atoms. The Morgan fingerprint density at radius 2 is 0.800 bits per heavy atom. The van der Waals surface area contributed by atoms with Gasteiger partial charge in [-0.3, -0.25) is 0 Å². The summed E-state index contributed by atoms with van der Waals surface area (Å²) < 4.78 is 1.50. The summed E-state index contributed by atoms with van der Waals surface area (Å²) in [6.07, 6.45) is 0. The maximum absolute atomic E-state index is 3.73. The molecule has 1 heteroatoms. The third-order valence-corrected chi connectivity index (χ3v) is 66.4. The minimum absolute atomic E-state index is 0.314. The first kappa shape index (κ1) is 18.7. The molecule has 6 unspecified atom stereocenters. The Morgan fingerprint density at radius 3 is 1.06 bits per heavy atom. The number of hydrogen-bond donors (Lipinski definition) is 0. The zero-order valence-electron chi connectivity index (χ0n) is 24.1. The van der Waals surface area contributed by atoms with E-state index in [0.29, 0.717) is 10.8 Å². The molecule has 10 fully saturated rings. The van der Waals surface area contributed by atoms with E-state index in [1.54, 1.807) is 33.4 Å². The van der Waals surface area contributed by atoms with Crippen molar-refractivity contribution >= 4 is 0 Å². The molecule has 190 valence electrons. The third-order valence-electron chi connectivity index (χ3n) is 23.7. The topological polar surface area (TPSA) is 0 Å². The van der Waals surface area contributed by atoms with Crippen LogP contribution in [0.15, 0.2) is 44.6 Å². The van der Waals surface area contributed by atoms with Crippen LogP contribution in [0.25, 0.3) is 0 Å². The zero-order chi connectivity index (χ0) is 24.7. The van der Waals surface area contributed by atoms with Gasteiger partial charge in [-0.2, -0.15) is 0 Å². The second-order valence-corrected chi connectivity index (χ2v) is 42.4. The average molecular weight is 511 g/mol. The van der Waals surface area contributed by atoms with Gasteiger partial charge in [0.2, 0.25) is 0 Å². The standard InChI is InChI=1S/C29H41.C5H5.Fe/c1-16-18(3)26(22(7)28(9,10)20(16)5)24-14-13-15-25(24)27-19(4)17(2)21(6)29(11,12)23(27)8;1-2-4-5-3-1;/h13-15,22-23H,1-12H3;1-5H;. The van der Waals surface area contributed by atoms with E-state index < -0.39 is 6.51 Å². The van der Waals surface area contributed by atoms with Gasteiger partial charge < -0.3 is 0 Å². The Hall–Kier alpha value is -0.521. The van der Waals surface area contributed by atoms with Crippen molar-refractivity contribution in [2.24, 2.45) is 22.7 Å².